The van der Waals surface area contributed by atoms with Gasteiger partial charge in [-0.3, -0.25) is 4.79 Å². The number of aromatic amines is 1. The van der Waals surface area contributed by atoms with Crippen LogP contribution in [-0.4, -0.2) is 23.0 Å². The van der Waals surface area contributed by atoms with E-state index in [0.29, 0.717) is 21.9 Å². The van der Waals surface area contributed by atoms with Crippen LogP contribution in [0, 0.1) is 5.82 Å². The molecule has 2 N–H and O–H groups in total. The molecule has 0 spiro atoms. The molecule has 0 unspecified atom stereocenters. The summed E-state index contributed by atoms with van der Waals surface area (Å²) in [4.78, 5) is 30.1. The summed E-state index contributed by atoms with van der Waals surface area (Å²) in [5.41, 5.74) is 1.59. The predicted molar refractivity (Wildman–Crippen MR) is 127 cm³/mol. The molecule has 0 aliphatic heterocycles. The van der Waals surface area contributed by atoms with Gasteiger partial charge in [-0.1, -0.05) is 35.9 Å². The molecule has 0 saturated heterocycles. The van der Waals surface area contributed by atoms with Gasteiger partial charge in [-0.2, -0.15) is 0 Å². The maximum absolute atomic E-state index is 14.1. The number of H-pyrrole nitrogens is 1. The molecule has 2 amide bonds. The number of carbonyl (C=O) groups excluding carboxylic acids is 1. The number of methoxy groups -OCH3 is 1. The van der Waals surface area contributed by atoms with Crippen LogP contribution < -0.4 is 15.6 Å². The number of urea groups is 1. The smallest absolute Gasteiger partial charge is 0.322 e. The maximum atomic E-state index is 14.1. The zero-order chi connectivity index (χ0) is 23.4. The second-order valence-corrected chi connectivity index (χ2v) is 7.91. The molecule has 168 valence electrons. The number of pyridine rings is 1. The van der Waals surface area contributed by atoms with Gasteiger partial charge < -0.3 is 19.9 Å². The minimum Gasteiger partial charge on any atom is -0.497 e. The molecule has 8 heteroatoms. The number of ether oxygens (including phenoxy) is 1. The largest absolute Gasteiger partial charge is 0.497 e. The monoisotopic (exact) mass is 465 g/mol. The van der Waals surface area contributed by atoms with Crippen LogP contribution in [0.3, 0.4) is 0 Å². The van der Waals surface area contributed by atoms with Crippen molar-refractivity contribution in [3.63, 3.8) is 0 Å². The summed E-state index contributed by atoms with van der Waals surface area (Å²) in [6.07, 6.45) is 0. The van der Waals surface area contributed by atoms with E-state index in [1.807, 2.05) is 0 Å². The van der Waals surface area contributed by atoms with Crippen LogP contribution in [0.25, 0.3) is 10.9 Å². The summed E-state index contributed by atoms with van der Waals surface area (Å²) in [6.45, 7) is 0.193. The second-order valence-electron chi connectivity index (χ2n) is 7.47. The first-order chi connectivity index (χ1) is 15.9. The van der Waals surface area contributed by atoms with E-state index in [9.17, 15) is 14.0 Å². The summed E-state index contributed by atoms with van der Waals surface area (Å²) in [7, 11) is 1.56. The summed E-state index contributed by atoms with van der Waals surface area (Å²) in [5, 5.41) is 3.93. The number of amides is 2. The molecular formula is C25H21ClFN3O3. The van der Waals surface area contributed by atoms with Crippen molar-refractivity contribution >= 4 is 34.2 Å². The van der Waals surface area contributed by atoms with Crippen molar-refractivity contribution < 1.29 is 13.9 Å². The lowest BCUT2D eigenvalue weighted by Gasteiger charge is -2.23. The Morgan fingerprint density at radius 2 is 1.82 bits per heavy atom. The number of anilines is 1. The van der Waals surface area contributed by atoms with E-state index in [2.05, 4.69) is 10.3 Å². The topological polar surface area (TPSA) is 74.4 Å². The lowest BCUT2D eigenvalue weighted by atomic mass is 10.1. The molecule has 1 heterocycles. The molecule has 0 aliphatic carbocycles. The Morgan fingerprint density at radius 1 is 1.06 bits per heavy atom. The fraction of sp³-hybridized carbons (Fsp3) is 0.120. The summed E-state index contributed by atoms with van der Waals surface area (Å²) < 4.78 is 19.4. The van der Waals surface area contributed by atoms with Crippen molar-refractivity contribution in [2.24, 2.45) is 0 Å². The molecule has 3 aromatic carbocycles. The van der Waals surface area contributed by atoms with E-state index in [1.165, 1.54) is 17.0 Å². The second kappa shape index (κ2) is 9.75. The van der Waals surface area contributed by atoms with Gasteiger partial charge in [0.2, 0.25) is 0 Å². The molecule has 0 aliphatic rings. The van der Waals surface area contributed by atoms with Crippen LogP contribution in [-0.2, 0) is 13.1 Å². The Bertz CT molecular complexity index is 1360. The third-order valence-corrected chi connectivity index (χ3v) is 5.43. The zero-order valence-electron chi connectivity index (χ0n) is 17.8. The predicted octanol–water partition coefficient (Wildman–Crippen LogP) is 5.56. The van der Waals surface area contributed by atoms with Crippen LogP contribution in [0.2, 0.25) is 5.02 Å². The maximum Gasteiger partial charge on any atom is 0.322 e. The number of rotatable bonds is 6. The fourth-order valence-corrected chi connectivity index (χ4v) is 3.57. The number of para-hydroxylation sites is 1. The Morgan fingerprint density at radius 3 is 2.55 bits per heavy atom. The molecule has 0 fully saturated rings. The first-order valence-electron chi connectivity index (χ1n) is 10.2. The van der Waals surface area contributed by atoms with Gasteiger partial charge >= 0.3 is 6.03 Å². The van der Waals surface area contributed by atoms with Gasteiger partial charge in [-0.05, 0) is 54.1 Å². The van der Waals surface area contributed by atoms with Crippen LogP contribution in [0.15, 0.2) is 77.6 Å². The number of nitrogens with one attached hydrogen (secondary N) is 2. The number of hydrogen-bond acceptors (Lipinski definition) is 3. The van der Waals surface area contributed by atoms with E-state index in [1.54, 1.807) is 67.8 Å². The lowest BCUT2D eigenvalue weighted by Crippen LogP contribution is -2.36. The Hall–Kier alpha value is -3.84. The molecule has 33 heavy (non-hydrogen) atoms. The van der Waals surface area contributed by atoms with Crippen molar-refractivity contribution in [3.05, 3.63) is 105 Å². The first-order valence-corrected chi connectivity index (χ1v) is 10.6. The van der Waals surface area contributed by atoms with E-state index in [0.717, 1.165) is 10.9 Å². The van der Waals surface area contributed by atoms with Gasteiger partial charge in [0.25, 0.3) is 5.56 Å². The average molecular weight is 466 g/mol. The molecule has 4 rings (SSSR count). The van der Waals surface area contributed by atoms with Crippen molar-refractivity contribution in [2.45, 2.75) is 13.1 Å². The first kappa shape index (κ1) is 22.4. The molecule has 0 atom stereocenters. The van der Waals surface area contributed by atoms with Crippen molar-refractivity contribution in [2.75, 3.05) is 12.4 Å². The summed E-state index contributed by atoms with van der Waals surface area (Å²) in [6, 6.07) is 19.4. The minimum absolute atomic E-state index is 0.00535. The van der Waals surface area contributed by atoms with E-state index < -0.39 is 11.8 Å². The van der Waals surface area contributed by atoms with E-state index in [-0.39, 0.29) is 24.3 Å². The Balaban J connectivity index is 1.67. The van der Waals surface area contributed by atoms with Gasteiger partial charge in [0.15, 0.2) is 0 Å². The summed E-state index contributed by atoms with van der Waals surface area (Å²) in [5.74, 6) is 0.101. The highest BCUT2D eigenvalue weighted by atomic mass is 35.5. The van der Waals surface area contributed by atoms with Gasteiger partial charge in [0.05, 0.1) is 19.3 Å². The van der Waals surface area contributed by atoms with Crippen LogP contribution in [0.4, 0.5) is 14.9 Å². The van der Waals surface area contributed by atoms with Crippen molar-refractivity contribution in [1.82, 2.24) is 9.88 Å². The molecular weight excluding hydrogens is 445 g/mol. The Labute approximate surface area is 194 Å². The number of hydrogen-bond donors (Lipinski definition) is 2. The van der Waals surface area contributed by atoms with Crippen LogP contribution in [0.1, 0.15) is 11.1 Å². The van der Waals surface area contributed by atoms with Gasteiger partial charge in [0.1, 0.15) is 11.6 Å². The molecule has 4 aromatic rings. The zero-order valence-corrected chi connectivity index (χ0v) is 18.5. The van der Waals surface area contributed by atoms with E-state index >= 15 is 0 Å². The van der Waals surface area contributed by atoms with Gasteiger partial charge in [-0.25, -0.2) is 9.18 Å². The lowest BCUT2D eigenvalue weighted by molar-refractivity contribution is 0.206. The number of carbonyl (C=O) groups is 1. The third-order valence-electron chi connectivity index (χ3n) is 5.18. The normalized spacial score (nSPS) is 10.8. The average Bonchev–Trinajstić information content (AvgIpc) is 2.81. The van der Waals surface area contributed by atoms with E-state index in [4.69, 9.17) is 16.3 Å². The molecule has 0 saturated carbocycles. The Kier molecular flexibility index (Phi) is 6.60. The number of fused-ring (bicyclic) bond motifs is 1. The van der Waals surface area contributed by atoms with Crippen molar-refractivity contribution in [3.8, 4) is 5.75 Å². The fourth-order valence-electron chi connectivity index (χ4n) is 3.45. The van der Waals surface area contributed by atoms with Gasteiger partial charge in [-0.15, -0.1) is 0 Å². The highest BCUT2D eigenvalue weighted by Crippen LogP contribution is 2.21. The SMILES string of the molecule is COc1ccc2[nH]c(=O)c(CN(Cc3ccc(Cl)cc3)C(=O)Nc3ccccc3F)cc2c1. The molecule has 1 aromatic heterocycles. The third kappa shape index (κ3) is 5.32. The standard InChI is InChI=1S/C25H21ClFN3O3/c1-33-20-10-11-22-17(13-20)12-18(24(31)28-22)15-30(14-16-6-8-19(26)9-7-16)25(32)29-23-5-3-2-4-21(23)27/h2-13H,14-15H2,1H3,(H,28,31)(H,29,32). The highest BCUT2D eigenvalue weighted by molar-refractivity contribution is 6.30. The molecule has 0 bridgehead atoms. The van der Waals surface area contributed by atoms with Crippen LogP contribution >= 0.6 is 11.6 Å². The number of nitrogens with zero attached hydrogens (tertiary/aromatic N) is 1. The highest BCUT2D eigenvalue weighted by Gasteiger charge is 2.18. The van der Waals surface area contributed by atoms with Gasteiger partial charge in [0, 0.05) is 28.0 Å². The number of halogens is 2. The van der Waals surface area contributed by atoms with Crippen molar-refractivity contribution in [1.29, 1.82) is 0 Å². The van der Waals surface area contributed by atoms with Crippen LogP contribution in [0.5, 0.6) is 5.75 Å². The minimum atomic E-state index is -0.548. The number of aromatic nitrogens is 1. The quantitative estimate of drug-likeness (QED) is 0.391. The molecule has 6 nitrogen and oxygen atoms in total. The number of benzene rings is 3. The summed E-state index contributed by atoms with van der Waals surface area (Å²) >= 11 is 5.98. The molecule has 0 radical (unpaired) electrons.